The summed E-state index contributed by atoms with van der Waals surface area (Å²) >= 11 is 0. The molecule has 0 amide bonds. The van der Waals surface area contributed by atoms with Crippen LogP contribution in [0.25, 0.3) is 5.57 Å². The highest BCUT2D eigenvalue weighted by atomic mass is 16.3. The largest absolute Gasteiger partial charge is 0.504 e. The highest BCUT2D eigenvalue weighted by Gasteiger charge is 2.38. The lowest BCUT2D eigenvalue weighted by atomic mass is 9.85. The van der Waals surface area contributed by atoms with Crippen molar-refractivity contribution in [3.63, 3.8) is 0 Å². The fourth-order valence-electron chi connectivity index (χ4n) is 2.89. The number of Topliss-reactive ketones (excluding diaryl/α,β-unsaturated/α-hetero) is 1. The Morgan fingerprint density at radius 3 is 2.10 bits per heavy atom. The lowest BCUT2D eigenvalue weighted by molar-refractivity contribution is -0.114. The Balaban J connectivity index is 2.21. The second-order valence-corrected chi connectivity index (χ2v) is 5.05. The predicted octanol–water partition coefficient (Wildman–Crippen LogP) is 4.27. The third-order valence-electron chi connectivity index (χ3n) is 3.86. The van der Waals surface area contributed by atoms with Crippen LogP contribution in [0.5, 0.6) is 0 Å². The highest BCUT2D eigenvalue weighted by Crippen LogP contribution is 2.45. The molecule has 0 fully saturated rings. The summed E-state index contributed by atoms with van der Waals surface area (Å²) in [5, 5.41) is 10.3. The molecule has 0 radical (unpaired) electrons. The standard InChI is InChI=1S/C19H16O2/c1-2-15-16(13-9-5-3-6-10-13)17(19(21)18(15)20)14-11-7-4-8-12-14/h2-12,16,21H,1H3/b15-2+/t16-/m0/s1. The Kier molecular flexibility index (Phi) is 3.44. The SMILES string of the molecule is C/C=C1/C(=O)C(O)=C(c2ccccc2)[C@H]1c1ccccc1. The molecule has 0 bridgehead atoms. The summed E-state index contributed by atoms with van der Waals surface area (Å²) in [4.78, 5) is 12.3. The molecule has 2 aromatic carbocycles. The number of carbonyl (C=O) groups excluding carboxylic acids is 1. The fourth-order valence-corrected chi connectivity index (χ4v) is 2.89. The van der Waals surface area contributed by atoms with Crippen molar-refractivity contribution < 1.29 is 9.90 Å². The zero-order valence-corrected chi connectivity index (χ0v) is 11.8. The number of carbonyl (C=O) groups is 1. The molecule has 1 N–H and O–H groups in total. The zero-order valence-electron chi connectivity index (χ0n) is 11.8. The third-order valence-corrected chi connectivity index (χ3v) is 3.86. The van der Waals surface area contributed by atoms with Crippen molar-refractivity contribution in [2.24, 2.45) is 0 Å². The van der Waals surface area contributed by atoms with Crippen LogP contribution >= 0.6 is 0 Å². The van der Waals surface area contributed by atoms with Gasteiger partial charge in [-0.05, 0) is 18.1 Å². The molecule has 104 valence electrons. The van der Waals surface area contributed by atoms with Crippen LogP contribution in [0.15, 0.2) is 78.1 Å². The molecule has 21 heavy (non-hydrogen) atoms. The fraction of sp³-hybridized carbons (Fsp3) is 0.105. The van der Waals surface area contributed by atoms with Crippen LogP contribution in [0.4, 0.5) is 0 Å². The maximum atomic E-state index is 12.3. The molecule has 1 aliphatic carbocycles. The zero-order chi connectivity index (χ0) is 14.8. The molecule has 1 aliphatic rings. The molecule has 2 heteroatoms. The van der Waals surface area contributed by atoms with Gasteiger partial charge in [0.2, 0.25) is 5.78 Å². The first-order valence-electron chi connectivity index (χ1n) is 6.98. The minimum atomic E-state index is -0.273. The second-order valence-electron chi connectivity index (χ2n) is 5.05. The van der Waals surface area contributed by atoms with E-state index in [0.29, 0.717) is 11.1 Å². The van der Waals surface area contributed by atoms with Gasteiger partial charge in [0, 0.05) is 17.1 Å². The van der Waals surface area contributed by atoms with Gasteiger partial charge in [-0.25, -0.2) is 0 Å². The maximum absolute atomic E-state index is 12.3. The molecule has 3 rings (SSSR count). The summed E-state index contributed by atoms with van der Waals surface area (Å²) in [7, 11) is 0. The summed E-state index contributed by atoms with van der Waals surface area (Å²) in [6.07, 6.45) is 1.80. The number of ketones is 1. The highest BCUT2D eigenvalue weighted by molar-refractivity contribution is 6.19. The van der Waals surface area contributed by atoms with E-state index in [4.69, 9.17) is 0 Å². The number of allylic oxidation sites excluding steroid dienone is 3. The molecule has 0 spiro atoms. The normalized spacial score (nSPS) is 20.3. The summed E-state index contributed by atoms with van der Waals surface area (Å²) < 4.78 is 0. The Hall–Kier alpha value is -2.61. The number of aliphatic hydroxyl groups excluding tert-OH is 1. The molecule has 0 unspecified atom stereocenters. The van der Waals surface area contributed by atoms with Crippen LogP contribution < -0.4 is 0 Å². The summed E-state index contributed by atoms with van der Waals surface area (Å²) in [5.41, 5.74) is 3.23. The van der Waals surface area contributed by atoms with Crippen LogP contribution in [0, 0.1) is 0 Å². The second kappa shape index (κ2) is 5.41. The molecule has 1 atom stereocenters. The van der Waals surface area contributed by atoms with Crippen molar-refractivity contribution in [3.05, 3.63) is 89.2 Å². The van der Waals surface area contributed by atoms with Crippen LogP contribution in [-0.2, 0) is 4.79 Å². The summed E-state index contributed by atoms with van der Waals surface area (Å²) in [6, 6.07) is 19.4. The van der Waals surface area contributed by atoms with Gasteiger partial charge in [-0.3, -0.25) is 4.79 Å². The van der Waals surface area contributed by atoms with Crippen molar-refractivity contribution in [2.45, 2.75) is 12.8 Å². The van der Waals surface area contributed by atoms with Gasteiger partial charge < -0.3 is 5.11 Å². The van der Waals surface area contributed by atoms with Gasteiger partial charge in [-0.15, -0.1) is 0 Å². The van der Waals surface area contributed by atoms with Gasteiger partial charge in [-0.2, -0.15) is 0 Å². The monoisotopic (exact) mass is 276 g/mol. The Labute approximate surface area is 124 Å². The molecule has 0 saturated carbocycles. The maximum Gasteiger partial charge on any atom is 0.224 e. The number of aliphatic hydroxyl groups is 1. The molecule has 2 aromatic rings. The van der Waals surface area contributed by atoms with Crippen molar-refractivity contribution in [1.82, 2.24) is 0 Å². The van der Waals surface area contributed by atoms with E-state index in [1.54, 1.807) is 6.08 Å². The van der Waals surface area contributed by atoms with Gasteiger partial charge in [0.15, 0.2) is 5.76 Å². The van der Waals surface area contributed by atoms with Crippen LogP contribution in [0.3, 0.4) is 0 Å². The van der Waals surface area contributed by atoms with E-state index >= 15 is 0 Å². The number of hydrogen-bond acceptors (Lipinski definition) is 2. The number of hydrogen-bond donors (Lipinski definition) is 1. The van der Waals surface area contributed by atoms with E-state index in [9.17, 15) is 9.90 Å². The van der Waals surface area contributed by atoms with E-state index < -0.39 is 0 Å². The van der Waals surface area contributed by atoms with Crippen molar-refractivity contribution in [3.8, 4) is 0 Å². The minimum absolute atomic E-state index is 0.136. The van der Waals surface area contributed by atoms with E-state index in [1.807, 2.05) is 67.6 Å². The first-order chi connectivity index (χ1) is 10.2. The van der Waals surface area contributed by atoms with Gasteiger partial charge in [-0.1, -0.05) is 66.7 Å². The molecule has 0 heterocycles. The van der Waals surface area contributed by atoms with Crippen LogP contribution in [0.2, 0.25) is 0 Å². The average molecular weight is 276 g/mol. The van der Waals surface area contributed by atoms with Crippen molar-refractivity contribution in [1.29, 1.82) is 0 Å². The first kappa shape index (κ1) is 13.4. The Morgan fingerprint density at radius 2 is 1.52 bits per heavy atom. The van der Waals surface area contributed by atoms with E-state index in [2.05, 4.69) is 0 Å². The van der Waals surface area contributed by atoms with Gasteiger partial charge in [0.05, 0.1) is 0 Å². The first-order valence-corrected chi connectivity index (χ1v) is 6.98. The predicted molar refractivity (Wildman–Crippen MR) is 83.9 cm³/mol. The minimum Gasteiger partial charge on any atom is -0.504 e. The summed E-state index contributed by atoms with van der Waals surface area (Å²) in [6.45, 7) is 1.84. The molecular weight excluding hydrogens is 260 g/mol. The molecule has 2 nitrogen and oxygen atoms in total. The number of rotatable bonds is 2. The van der Waals surface area contributed by atoms with Gasteiger partial charge in [0.1, 0.15) is 0 Å². The van der Waals surface area contributed by atoms with Crippen LogP contribution in [-0.4, -0.2) is 10.9 Å². The van der Waals surface area contributed by atoms with Crippen LogP contribution in [0.1, 0.15) is 24.0 Å². The Morgan fingerprint density at radius 1 is 0.952 bits per heavy atom. The number of benzene rings is 2. The topological polar surface area (TPSA) is 37.3 Å². The molecule has 0 saturated heterocycles. The van der Waals surface area contributed by atoms with E-state index in [-0.39, 0.29) is 17.5 Å². The lowest BCUT2D eigenvalue weighted by Gasteiger charge is -2.16. The average Bonchev–Trinajstić information content (AvgIpc) is 2.80. The molecule has 0 aromatic heterocycles. The smallest absolute Gasteiger partial charge is 0.224 e. The molecule has 0 aliphatic heterocycles. The van der Waals surface area contributed by atoms with Gasteiger partial charge >= 0.3 is 0 Å². The van der Waals surface area contributed by atoms with Crippen molar-refractivity contribution in [2.75, 3.05) is 0 Å². The van der Waals surface area contributed by atoms with E-state index in [0.717, 1.165) is 11.1 Å². The van der Waals surface area contributed by atoms with E-state index in [1.165, 1.54) is 0 Å². The lowest BCUT2D eigenvalue weighted by Crippen LogP contribution is -2.04. The summed E-state index contributed by atoms with van der Waals surface area (Å²) in [5.74, 6) is -0.612. The third kappa shape index (κ3) is 2.19. The van der Waals surface area contributed by atoms with Gasteiger partial charge in [0.25, 0.3) is 0 Å². The quantitative estimate of drug-likeness (QED) is 0.832. The molecular formula is C19H16O2. The van der Waals surface area contributed by atoms with Crippen molar-refractivity contribution >= 4 is 11.4 Å². The Bertz CT molecular complexity index is 725.